The van der Waals surface area contributed by atoms with Crippen LogP contribution in [0.5, 0.6) is 0 Å². The Bertz CT molecular complexity index is 1140. The number of nitrogens with one attached hydrogen (secondary N) is 2. The molecule has 0 saturated carbocycles. The quantitative estimate of drug-likeness (QED) is 0.346. The first-order chi connectivity index (χ1) is 14.2. The molecule has 144 valence electrons. The molecule has 4 aromatic rings. The zero-order chi connectivity index (χ0) is 20.1. The zero-order valence-electron chi connectivity index (χ0n) is 15.6. The molecule has 29 heavy (non-hydrogen) atoms. The third-order valence-electron chi connectivity index (χ3n) is 4.60. The Hall–Kier alpha value is -4.00. The highest BCUT2D eigenvalue weighted by molar-refractivity contribution is 5.96. The Balaban J connectivity index is 1.60. The molecule has 0 fully saturated rings. The van der Waals surface area contributed by atoms with E-state index in [2.05, 4.69) is 20.6 Å². The molecule has 1 aromatic heterocycles. The summed E-state index contributed by atoms with van der Waals surface area (Å²) < 4.78 is 0. The van der Waals surface area contributed by atoms with Gasteiger partial charge in [0, 0.05) is 17.6 Å². The number of aromatic nitrogens is 2. The molecule has 0 aliphatic rings. The monoisotopic (exact) mass is 385 g/mol. The second kappa shape index (κ2) is 8.35. The van der Waals surface area contributed by atoms with E-state index >= 15 is 0 Å². The van der Waals surface area contributed by atoms with Crippen LogP contribution < -0.4 is 10.6 Å². The van der Waals surface area contributed by atoms with Crippen molar-refractivity contribution in [1.82, 2.24) is 9.97 Å². The molecular formula is C22H19N5O2. The number of nitro groups is 1. The van der Waals surface area contributed by atoms with Crippen molar-refractivity contribution in [3.8, 4) is 0 Å². The van der Waals surface area contributed by atoms with Gasteiger partial charge in [-0.3, -0.25) is 10.1 Å². The molecule has 1 heterocycles. The van der Waals surface area contributed by atoms with Gasteiger partial charge < -0.3 is 10.6 Å². The fourth-order valence-corrected chi connectivity index (χ4v) is 3.20. The van der Waals surface area contributed by atoms with E-state index in [-0.39, 0.29) is 17.3 Å². The van der Waals surface area contributed by atoms with Crippen LogP contribution in [0.2, 0.25) is 0 Å². The van der Waals surface area contributed by atoms with E-state index in [1.165, 1.54) is 6.33 Å². The summed E-state index contributed by atoms with van der Waals surface area (Å²) in [6.45, 7) is 0.523. The Morgan fingerprint density at radius 2 is 1.59 bits per heavy atom. The molecule has 0 spiro atoms. The molecule has 3 aromatic carbocycles. The Kier molecular flexibility index (Phi) is 5.29. The van der Waals surface area contributed by atoms with Crippen molar-refractivity contribution in [1.29, 1.82) is 0 Å². The van der Waals surface area contributed by atoms with Crippen LogP contribution in [0.4, 0.5) is 23.0 Å². The van der Waals surface area contributed by atoms with Crippen LogP contribution >= 0.6 is 0 Å². The molecule has 7 nitrogen and oxygen atoms in total. The number of fused-ring (bicyclic) bond motifs is 1. The van der Waals surface area contributed by atoms with Crippen LogP contribution in [0, 0.1) is 10.1 Å². The van der Waals surface area contributed by atoms with Crippen LogP contribution in [0.3, 0.4) is 0 Å². The van der Waals surface area contributed by atoms with Crippen LogP contribution in [-0.4, -0.2) is 21.4 Å². The van der Waals surface area contributed by atoms with Gasteiger partial charge in [-0.15, -0.1) is 0 Å². The van der Waals surface area contributed by atoms with Crippen molar-refractivity contribution in [2.24, 2.45) is 0 Å². The van der Waals surface area contributed by atoms with Crippen molar-refractivity contribution in [2.45, 2.75) is 6.42 Å². The Morgan fingerprint density at radius 3 is 2.41 bits per heavy atom. The van der Waals surface area contributed by atoms with Crippen LogP contribution in [0.25, 0.3) is 10.8 Å². The average molecular weight is 385 g/mol. The number of anilines is 3. The van der Waals surface area contributed by atoms with Gasteiger partial charge in [0.15, 0.2) is 0 Å². The standard InChI is InChI=1S/C22H19N5O2/c28-27(29)20-21(23-14-13-16-7-2-1-3-8-16)24-15-25-22(20)26-19-12-6-10-17-9-4-5-11-18(17)19/h1-12,15H,13-14H2,(H2,23,24,25,26). The van der Waals surface area contributed by atoms with E-state index in [1.807, 2.05) is 72.8 Å². The molecular weight excluding hydrogens is 366 g/mol. The van der Waals surface area contributed by atoms with Gasteiger partial charge in [0.2, 0.25) is 11.6 Å². The second-order valence-corrected chi connectivity index (χ2v) is 6.49. The fraction of sp³-hybridized carbons (Fsp3) is 0.0909. The maximum Gasteiger partial charge on any atom is 0.353 e. The smallest absolute Gasteiger partial charge is 0.353 e. The molecule has 2 N–H and O–H groups in total. The lowest BCUT2D eigenvalue weighted by molar-refractivity contribution is -0.383. The lowest BCUT2D eigenvalue weighted by atomic mass is 10.1. The number of benzene rings is 3. The van der Waals surface area contributed by atoms with E-state index in [1.54, 1.807) is 0 Å². The summed E-state index contributed by atoms with van der Waals surface area (Å²) in [6.07, 6.45) is 2.05. The fourth-order valence-electron chi connectivity index (χ4n) is 3.20. The predicted octanol–water partition coefficient (Wildman–Crippen LogP) is 4.94. The van der Waals surface area contributed by atoms with E-state index < -0.39 is 4.92 Å². The third-order valence-corrected chi connectivity index (χ3v) is 4.60. The zero-order valence-corrected chi connectivity index (χ0v) is 15.6. The second-order valence-electron chi connectivity index (χ2n) is 6.49. The summed E-state index contributed by atoms with van der Waals surface area (Å²) in [4.78, 5) is 19.5. The number of hydrogen-bond acceptors (Lipinski definition) is 6. The maximum absolute atomic E-state index is 11.8. The highest BCUT2D eigenvalue weighted by atomic mass is 16.6. The van der Waals surface area contributed by atoms with Crippen molar-refractivity contribution in [2.75, 3.05) is 17.2 Å². The van der Waals surface area contributed by atoms with Gasteiger partial charge in [0.1, 0.15) is 6.33 Å². The molecule has 0 atom stereocenters. The van der Waals surface area contributed by atoms with Crippen molar-refractivity contribution >= 4 is 33.8 Å². The van der Waals surface area contributed by atoms with E-state index in [0.717, 1.165) is 28.4 Å². The van der Waals surface area contributed by atoms with Gasteiger partial charge in [0.25, 0.3) is 0 Å². The SMILES string of the molecule is O=[N+]([O-])c1c(NCCc2ccccc2)ncnc1Nc1cccc2ccccc12. The van der Waals surface area contributed by atoms with Crippen molar-refractivity contribution < 1.29 is 4.92 Å². The summed E-state index contributed by atoms with van der Waals surface area (Å²) in [6, 6.07) is 23.5. The Morgan fingerprint density at radius 1 is 0.862 bits per heavy atom. The van der Waals surface area contributed by atoms with Gasteiger partial charge in [-0.25, -0.2) is 9.97 Å². The maximum atomic E-state index is 11.8. The normalized spacial score (nSPS) is 10.6. The van der Waals surface area contributed by atoms with Crippen LogP contribution in [0.1, 0.15) is 5.56 Å². The summed E-state index contributed by atoms with van der Waals surface area (Å²) in [5.41, 5.74) is 1.72. The van der Waals surface area contributed by atoms with Crippen molar-refractivity contribution in [3.05, 3.63) is 94.8 Å². The molecule has 0 aliphatic carbocycles. The highest BCUT2D eigenvalue weighted by Gasteiger charge is 2.23. The first kappa shape index (κ1) is 18.4. The average Bonchev–Trinajstić information content (AvgIpc) is 2.75. The van der Waals surface area contributed by atoms with Crippen molar-refractivity contribution in [3.63, 3.8) is 0 Å². The van der Waals surface area contributed by atoms with Crippen LogP contribution in [-0.2, 0) is 6.42 Å². The molecule has 0 saturated heterocycles. The molecule has 0 radical (unpaired) electrons. The number of nitrogens with zero attached hydrogens (tertiary/aromatic N) is 3. The third kappa shape index (κ3) is 4.14. The summed E-state index contributed by atoms with van der Waals surface area (Å²) in [7, 11) is 0. The topological polar surface area (TPSA) is 93.0 Å². The minimum Gasteiger partial charge on any atom is -0.364 e. The lowest BCUT2D eigenvalue weighted by Crippen LogP contribution is -2.10. The summed E-state index contributed by atoms with van der Waals surface area (Å²) in [5, 5.41) is 20.0. The minimum absolute atomic E-state index is 0.156. The Labute approximate surface area is 167 Å². The summed E-state index contributed by atoms with van der Waals surface area (Å²) in [5.74, 6) is 0.354. The first-order valence-corrected chi connectivity index (χ1v) is 9.24. The van der Waals surface area contributed by atoms with Gasteiger partial charge >= 0.3 is 5.69 Å². The largest absolute Gasteiger partial charge is 0.364 e. The molecule has 7 heteroatoms. The van der Waals surface area contributed by atoms with Gasteiger partial charge in [0.05, 0.1) is 4.92 Å². The molecule has 0 aliphatic heterocycles. The van der Waals surface area contributed by atoms with Crippen LogP contribution in [0.15, 0.2) is 79.1 Å². The van der Waals surface area contributed by atoms with E-state index in [4.69, 9.17) is 0 Å². The first-order valence-electron chi connectivity index (χ1n) is 9.24. The molecule has 0 unspecified atom stereocenters. The lowest BCUT2D eigenvalue weighted by Gasteiger charge is -2.12. The highest BCUT2D eigenvalue weighted by Crippen LogP contribution is 2.33. The molecule has 4 rings (SSSR count). The van der Waals surface area contributed by atoms with E-state index in [9.17, 15) is 10.1 Å². The van der Waals surface area contributed by atoms with Gasteiger partial charge in [-0.05, 0) is 23.4 Å². The van der Waals surface area contributed by atoms with Gasteiger partial charge in [-0.1, -0.05) is 66.7 Å². The number of hydrogen-bond donors (Lipinski definition) is 2. The summed E-state index contributed by atoms with van der Waals surface area (Å²) >= 11 is 0. The molecule has 0 bridgehead atoms. The van der Waals surface area contributed by atoms with E-state index in [0.29, 0.717) is 6.54 Å². The molecule has 0 amide bonds. The van der Waals surface area contributed by atoms with Gasteiger partial charge in [-0.2, -0.15) is 0 Å². The predicted molar refractivity (Wildman–Crippen MR) is 115 cm³/mol. The number of rotatable bonds is 7. The minimum atomic E-state index is -0.460.